The average Bonchev–Trinajstić information content (AvgIpc) is 3.23. The summed E-state index contributed by atoms with van der Waals surface area (Å²) in [6, 6.07) is 14.8. The van der Waals surface area contributed by atoms with Gasteiger partial charge in [-0.1, -0.05) is 6.07 Å². The molecule has 0 aliphatic carbocycles. The molecule has 1 heterocycles. The van der Waals surface area contributed by atoms with Gasteiger partial charge in [-0.2, -0.15) is 4.37 Å². The van der Waals surface area contributed by atoms with E-state index in [1.165, 1.54) is 11.5 Å². The van der Waals surface area contributed by atoms with Crippen LogP contribution >= 0.6 is 11.5 Å². The summed E-state index contributed by atoms with van der Waals surface area (Å²) in [7, 11) is 4.80. The summed E-state index contributed by atoms with van der Waals surface area (Å²) in [4.78, 5) is 13.2. The smallest absolute Gasteiger partial charge is 0.263 e. The van der Waals surface area contributed by atoms with E-state index in [9.17, 15) is 4.79 Å². The van der Waals surface area contributed by atoms with Crippen LogP contribution in [0.1, 0.15) is 28.2 Å². The van der Waals surface area contributed by atoms with Crippen molar-refractivity contribution in [1.29, 1.82) is 0 Å². The number of hydrogen-bond donors (Lipinski definition) is 1. The third-order valence-electron chi connectivity index (χ3n) is 4.37. The molecule has 0 aliphatic heterocycles. The molecule has 1 N–H and O–H groups in total. The minimum Gasteiger partial charge on any atom is -0.497 e. The molecule has 0 bridgehead atoms. The predicted octanol–water partition coefficient (Wildman–Crippen LogP) is 4.33. The number of hydrogen-bond acceptors (Lipinski definition) is 6. The summed E-state index contributed by atoms with van der Waals surface area (Å²) in [6.07, 6.45) is 0. The monoisotopic (exact) mass is 398 g/mol. The first-order valence-electron chi connectivity index (χ1n) is 8.69. The molecular weight excluding hydrogens is 376 g/mol. The number of carbonyl (C=O) groups is 1. The maximum absolute atomic E-state index is 12.6. The fourth-order valence-electron chi connectivity index (χ4n) is 2.75. The molecule has 0 radical (unpaired) electrons. The van der Waals surface area contributed by atoms with Crippen molar-refractivity contribution in [2.45, 2.75) is 13.0 Å². The summed E-state index contributed by atoms with van der Waals surface area (Å²) in [5.41, 5.74) is 2.62. The Hall–Kier alpha value is -3.06. The van der Waals surface area contributed by atoms with Gasteiger partial charge in [0.1, 0.15) is 10.6 Å². The number of ether oxygens (including phenoxy) is 3. The van der Waals surface area contributed by atoms with Crippen LogP contribution in [0.4, 0.5) is 0 Å². The highest BCUT2D eigenvalue weighted by atomic mass is 32.1. The minimum atomic E-state index is -0.196. The van der Waals surface area contributed by atoms with Crippen LogP contribution in [0.15, 0.2) is 48.5 Å². The van der Waals surface area contributed by atoms with Crippen molar-refractivity contribution < 1.29 is 19.0 Å². The van der Waals surface area contributed by atoms with Gasteiger partial charge >= 0.3 is 0 Å². The van der Waals surface area contributed by atoms with Crippen LogP contribution in [0.5, 0.6) is 17.2 Å². The standard InChI is InChI=1S/C21H22N2O4S/c1-13(15-7-10-18(26-3)19(11-15)27-4)22-21(24)20-12-17(23-28-20)14-5-8-16(25-2)9-6-14/h5-13H,1-4H3,(H,22,24)/t13-/m0/s1. The Morgan fingerprint density at radius 3 is 2.32 bits per heavy atom. The van der Waals surface area contributed by atoms with E-state index in [2.05, 4.69) is 9.69 Å². The van der Waals surface area contributed by atoms with Crippen molar-refractivity contribution in [1.82, 2.24) is 9.69 Å². The average molecular weight is 398 g/mol. The van der Waals surface area contributed by atoms with Crippen LogP contribution in [0, 0.1) is 0 Å². The highest BCUT2D eigenvalue weighted by Crippen LogP contribution is 2.30. The number of carbonyl (C=O) groups excluding carboxylic acids is 1. The van der Waals surface area contributed by atoms with Crippen molar-refractivity contribution in [2.75, 3.05) is 21.3 Å². The zero-order valence-corrected chi connectivity index (χ0v) is 17.0. The third-order valence-corrected chi connectivity index (χ3v) is 5.16. The molecule has 0 saturated heterocycles. The van der Waals surface area contributed by atoms with Crippen LogP contribution in [0.3, 0.4) is 0 Å². The Balaban J connectivity index is 1.71. The van der Waals surface area contributed by atoms with Gasteiger partial charge in [-0.15, -0.1) is 0 Å². The van der Waals surface area contributed by atoms with Crippen LogP contribution in [-0.4, -0.2) is 31.6 Å². The molecule has 146 valence electrons. The lowest BCUT2D eigenvalue weighted by Crippen LogP contribution is -2.25. The van der Waals surface area contributed by atoms with Gasteiger partial charge in [-0.3, -0.25) is 4.79 Å². The molecule has 3 rings (SSSR count). The second kappa shape index (κ2) is 8.75. The van der Waals surface area contributed by atoms with E-state index in [-0.39, 0.29) is 11.9 Å². The molecule has 7 heteroatoms. The van der Waals surface area contributed by atoms with Gasteiger partial charge < -0.3 is 19.5 Å². The largest absolute Gasteiger partial charge is 0.497 e. The first kappa shape index (κ1) is 19.7. The molecule has 0 saturated carbocycles. The molecule has 2 aromatic carbocycles. The molecule has 3 aromatic rings. The molecule has 0 spiro atoms. The SMILES string of the molecule is COc1ccc(-c2cc(C(=O)N[C@@H](C)c3ccc(OC)c(OC)c3)sn2)cc1. The van der Waals surface area contributed by atoms with Crippen LogP contribution in [0.2, 0.25) is 0 Å². The van der Waals surface area contributed by atoms with Crippen molar-refractivity contribution in [2.24, 2.45) is 0 Å². The number of amides is 1. The molecule has 0 unspecified atom stereocenters. The van der Waals surface area contributed by atoms with E-state index in [4.69, 9.17) is 14.2 Å². The molecule has 6 nitrogen and oxygen atoms in total. The third kappa shape index (κ3) is 4.26. The van der Waals surface area contributed by atoms with E-state index < -0.39 is 0 Å². The van der Waals surface area contributed by atoms with E-state index in [1.807, 2.05) is 49.4 Å². The first-order chi connectivity index (χ1) is 13.5. The van der Waals surface area contributed by atoms with Crippen molar-refractivity contribution in [3.05, 3.63) is 59.0 Å². The van der Waals surface area contributed by atoms with Crippen LogP contribution in [0.25, 0.3) is 11.3 Å². The molecule has 0 aliphatic rings. The lowest BCUT2D eigenvalue weighted by molar-refractivity contribution is 0.0944. The summed E-state index contributed by atoms with van der Waals surface area (Å²) >= 11 is 1.18. The van der Waals surface area contributed by atoms with Gasteiger partial charge in [-0.05, 0) is 66.5 Å². The Morgan fingerprint density at radius 2 is 1.68 bits per heavy atom. The molecule has 0 fully saturated rings. The van der Waals surface area contributed by atoms with Crippen molar-refractivity contribution >= 4 is 17.4 Å². The molecule has 1 amide bonds. The van der Waals surface area contributed by atoms with Gasteiger partial charge in [-0.25, -0.2) is 0 Å². The number of nitrogens with one attached hydrogen (secondary N) is 1. The lowest BCUT2D eigenvalue weighted by atomic mass is 10.1. The van der Waals surface area contributed by atoms with Gasteiger partial charge in [0, 0.05) is 5.56 Å². The van der Waals surface area contributed by atoms with E-state index in [0.29, 0.717) is 16.4 Å². The zero-order chi connectivity index (χ0) is 20.1. The quantitative estimate of drug-likeness (QED) is 0.642. The van der Waals surface area contributed by atoms with Crippen molar-refractivity contribution in [3.8, 4) is 28.5 Å². The fraction of sp³-hybridized carbons (Fsp3) is 0.238. The van der Waals surface area contributed by atoms with Crippen LogP contribution in [-0.2, 0) is 0 Å². The highest BCUT2D eigenvalue weighted by molar-refractivity contribution is 7.08. The van der Waals surface area contributed by atoms with E-state index in [1.54, 1.807) is 27.4 Å². The summed E-state index contributed by atoms with van der Waals surface area (Å²) in [5, 5.41) is 3.00. The van der Waals surface area contributed by atoms with Gasteiger partial charge in [0.15, 0.2) is 11.5 Å². The number of aromatic nitrogens is 1. The Morgan fingerprint density at radius 1 is 0.964 bits per heavy atom. The summed E-state index contributed by atoms with van der Waals surface area (Å²) in [6.45, 7) is 1.92. The van der Waals surface area contributed by atoms with Crippen LogP contribution < -0.4 is 19.5 Å². The first-order valence-corrected chi connectivity index (χ1v) is 9.47. The fourth-order valence-corrected chi connectivity index (χ4v) is 3.41. The van der Waals surface area contributed by atoms with Crippen molar-refractivity contribution in [3.63, 3.8) is 0 Å². The maximum Gasteiger partial charge on any atom is 0.263 e. The Kier molecular flexibility index (Phi) is 6.16. The molecule has 1 aromatic heterocycles. The minimum absolute atomic E-state index is 0.167. The number of benzene rings is 2. The number of nitrogens with zero attached hydrogens (tertiary/aromatic N) is 1. The summed E-state index contributed by atoms with van der Waals surface area (Å²) in [5.74, 6) is 1.89. The normalized spacial score (nSPS) is 11.6. The second-order valence-electron chi connectivity index (χ2n) is 6.11. The van der Waals surface area contributed by atoms with Gasteiger partial charge in [0.25, 0.3) is 5.91 Å². The topological polar surface area (TPSA) is 69.7 Å². The lowest BCUT2D eigenvalue weighted by Gasteiger charge is -2.16. The van der Waals surface area contributed by atoms with Gasteiger partial charge in [0.05, 0.1) is 33.1 Å². The summed E-state index contributed by atoms with van der Waals surface area (Å²) < 4.78 is 20.1. The second-order valence-corrected chi connectivity index (χ2v) is 6.92. The predicted molar refractivity (Wildman–Crippen MR) is 110 cm³/mol. The number of rotatable bonds is 7. The highest BCUT2D eigenvalue weighted by Gasteiger charge is 2.16. The molecular formula is C21H22N2O4S. The Bertz CT molecular complexity index is 953. The molecule has 1 atom stereocenters. The number of methoxy groups -OCH3 is 3. The van der Waals surface area contributed by atoms with Gasteiger partial charge in [0.2, 0.25) is 0 Å². The Labute approximate surface area is 168 Å². The maximum atomic E-state index is 12.6. The van der Waals surface area contributed by atoms with E-state index in [0.717, 1.165) is 22.6 Å². The molecule has 28 heavy (non-hydrogen) atoms. The van der Waals surface area contributed by atoms with E-state index >= 15 is 0 Å². The zero-order valence-electron chi connectivity index (χ0n) is 16.2.